The maximum atomic E-state index is 14.3. The van der Waals surface area contributed by atoms with Crippen LogP contribution in [-0.2, 0) is 10.2 Å². The molecule has 0 atom stereocenters. The topological polar surface area (TPSA) is 62.2 Å². The highest BCUT2D eigenvalue weighted by atomic mass is 19.2. The second kappa shape index (κ2) is 6.84. The second-order valence-electron chi connectivity index (χ2n) is 6.34. The number of nitrogens with one attached hydrogen (secondary N) is 1. The Morgan fingerprint density at radius 1 is 1.20 bits per heavy atom. The van der Waals surface area contributed by atoms with Gasteiger partial charge in [0.2, 0.25) is 0 Å². The molecule has 0 saturated heterocycles. The lowest BCUT2D eigenvalue weighted by molar-refractivity contribution is -0.136. The van der Waals surface area contributed by atoms with Crippen molar-refractivity contribution in [2.75, 3.05) is 0 Å². The standard InChI is InChI=1S/C18H17F3N2O2/c19-13-8-12(9-22-10-13)11-4-6-18(7-5-11,17(24)23-25)14-2-1-3-15(20)16(14)21/h1-3,8-11,25H,4-7H2,(H,23,24)/t11-,18+. The zero-order valence-electron chi connectivity index (χ0n) is 13.3. The Hall–Kier alpha value is -2.41. The summed E-state index contributed by atoms with van der Waals surface area (Å²) in [6.07, 6.45) is 3.97. The van der Waals surface area contributed by atoms with Crippen LogP contribution in [0, 0.1) is 17.5 Å². The van der Waals surface area contributed by atoms with E-state index in [-0.39, 0.29) is 24.3 Å². The van der Waals surface area contributed by atoms with Gasteiger partial charge in [0.05, 0.1) is 11.6 Å². The number of aromatic nitrogens is 1. The smallest absolute Gasteiger partial charge is 0.254 e. The van der Waals surface area contributed by atoms with Crippen LogP contribution >= 0.6 is 0 Å². The molecule has 25 heavy (non-hydrogen) atoms. The summed E-state index contributed by atoms with van der Waals surface area (Å²) in [6, 6.07) is 5.06. The predicted molar refractivity (Wildman–Crippen MR) is 83.4 cm³/mol. The van der Waals surface area contributed by atoms with E-state index in [2.05, 4.69) is 4.98 Å². The van der Waals surface area contributed by atoms with Crippen LogP contribution in [0.4, 0.5) is 13.2 Å². The fourth-order valence-electron chi connectivity index (χ4n) is 3.69. The Morgan fingerprint density at radius 2 is 1.92 bits per heavy atom. The minimum absolute atomic E-state index is 0.0422. The maximum Gasteiger partial charge on any atom is 0.254 e. The molecule has 1 saturated carbocycles. The highest BCUT2D eigenvalue weighted by Crippen LogP contribution is 2.46. The van der Waals surface area contributed by atoms with Gasteiger partial charge in [0, 0.05) is 11.8 Å². The minimum Gasteiger partial charge on any atom is -0.289 e. The lowest BCUT2D eigenvalue weighted by atomic mass is 9.65. The van der Waals surface area contributed by atoms with Crippen molar-refractivity contribution in [3.63, 3.8) is 0 Å². The third kappa shape index (κ3) is 3.11. The van der Waals surface area contributed by atoms with E-state index in [4.69, 9.17) is 5.21 Å². The van der Waals surface area contributed by atoms with Crippen molar-refractivity contribution in [1.82, 2.24) is 10.5 Å². The van der Waals surface area contributed by atoms with Crippen molar-refractivity contribution in [2.24, 2.45) is 0 Å². The predicted octanol–water partition coefficient (Wildman–Crippen LogP) is 3.60. The van der Waals surface area contributed by atoms with Gasteiger partial charge < -0.3 is 0 Å². The van der Waals surface area contributed by atoms with Gasteiger partial charge in [-0.25, -0.2) is 18.7 Å². The SMILES string of the molecule is O=C(NO)[C@]1(c2cccc(F)c2F)CC[C@H](c2cncc(F)c2)CC1. The molecule has 1 aromatic heterocycles. The molecule has 1 fully saturated rings. The first kappa shape index (κ1) is 17.4. The van der Waals surface area contributed by atoms with Gasteiger partial charge in [0.1, 0.15) is 5.82 Å². The average Bonchev–Trinajstić information content (AvgIpc) is 2.63. The summed E-state index contributed by atoms with van der Waals surface area (Å²) in [5, 5.41) is 9.12. The van der Waals surface area contributed by atoms with Crippen molar-refractivity contribution in [3.05, 3.63) is 65.2 Å². The van der Waals surface area contributed by atoms with Crippen LogP contribution in [-0.4, -0.2) is 16.1 Å². The van der Waals surface area contributed by atoms with Gasteiger partial charge in [-0.2, -0.15) is 0 Å². The van der Waals surface area contributed by atoms with Gasteiger partial charge in [-0.05, 0) is 49.3 Å². The van der Waals surface area contributed by atoms with Gasteiger partial charge in [-0.1, -0.05) is 12.1 Å². The Kier molecular flexibility index (Phi) is 4.76. The molecule has 1 aliphatic carbocycles. The van der Waals surface area contributed by atoms with Crippen molar-refractivity contribution >= 4 is 5.91 Å². The first-order valence-electron chi connectivity index (χ1n) is 7.97. The number of nitrogens with zero attached hydrogens (tertiary/aromatic N) is 1. The Bertz CT molecular complexity index is 790. The summed E-state index contributed by atoms with van der Waals surface area (Å²) in [4.78, 5) is 16.2. The molecular formula is C18H17F3N2O2. The molecule has 0 unspecified atom stereocenters. The average molecular weight is 350 g/mol. The van der Waals surface area contributed by atoms with Crippen LogP contribution in [0.5, 0.6) is 0 Å². The highest BCUT2D eigenvalue weighted by Gasteiger charge is 2.45. The number of hydroxylamine groups is 1. The molecule has 0 bridgehead atoms. The molecule has 1 heterocycles. The molecule has 2 aromatic rings. The molecule has 1 amide bonds. The third-order valence-corrected chi connectivity index (χ3v) is 5.04. The highest BCUT2D eigenvalue weighted by molar-refractivity contribution is 5.87. The van der Waals surface area contributed by atoms with Crippen molar-refractivity contribution in [1.29, 1.82) is 0 Å². The van der Waals surface area contributed by atoms with E-state index in [1.165, 1.54) is 18.2 Å². The summed E-state index contributed by atoms with van der Waals surface area (Å²) in [5.41, 5.74) is 0.853. The number of amides is 1. The molecule has 3 rings (SSSR count). The molecule has 1 aromatic carbocycles. The third-order valence-electron chi connectivity index (χ3n) is 5.04. The number of carbonyl (C=O) groups is 1. The Labute approximate surface area is 142 Å². The lowest BCUT2D eigenvalue weighted by Crippen LogP contribution is -2.46. The maximum absolute atomic E-state index is 14.3. The minimum atomic E-state index is -1.36. The molecule has 132 valence electrons. The second-order valence-corrected chi connectivity index (χ2v) is 6.34. The first-order valence-corrected chi connectivity index (χ1v) is 7.97. The largest absolute Gasteiger partial charge is 0.289 e. The molecular weight excluding hydrogens is 333 g/mol. The molecule has 0 aliphatic heterocycles. The molecule has 7 heteroatoms. The van der Waals surface area contributed by atoms with Gasteiger partial charge >= 0.3 is 0 Å². The fourth-order valence-corrected chi connectivity index (χ4v) is 3.69. The number of pyridine rings is 1. The quantitative estimate of drug-likeness (QED) is 0.657. The van der Waals surface area contributed by atoms with E-state index in [1.807, 2.05) is 0 Å². The zero-order valence-corrected chi connectivity index (χ0v) is 13.3. The number of halogens is 3. The van der Waals surface area contributed by atoms with Crippen LogP contribution in [0.2, 0.25) is 0 Å². The van der Waals surface area contributed by atoms with E-state index in [9.17, 15) is 18.0 Å². The van der Waals surface area contributed by atoms with E-state index >= 15 is 0 Å². The Balaban J connectivity index is 1.92. The van der Waals surface area contributed by atoms with Gasteiger partial charge in [0.15, 0.2) is 11.6 Å². The van der Waals surface area contributed by atoms with Gasteiger partial charge in [-0.15, -0.1) is 0 Å². The Morgan fingerprint density at radius 3 is 2.56 bits per heavy atom. The lowest BCUT2D eigenvalue weighted by Gasteiger charge is -2.39. The van der Waals surface area contributed by atoms with E-state index in [0.717, 1.165) is 12.3 Å². The van der Waals surface area contributed by atoms with Crippen LogP contribution in [0.3, 0.4) is 0 Å². The number of rotatable bonds is 3. The molecule has 0 radical (unpaired) electrons. The monoisotopic (exact) mass is 350 g/mol. The van der Waals surface area contributed by atoms with Gasteiger partial charge in [0.25, 0.3) is 5.91 Å². The van der Waals surface area contributed by atoms with Crippen LogP contribution < -0.4 is 5.48 Å². The normalized spacial score (nSPS) is 23.3. The summed E-state index contributed by atoms with van der Waals surface area (Å²) in [6.45, 7) is 0. The summed E-state index contributed by atoms with van der Waals surface area (Å²) in [5.74, 6) is -3.39. The van der Waals surface area contributed by atoms with Crippen LogP contribution in [0.25, 0.3) is 0 Å². The number of carbonyl (C=O) groups excluding carboxylic acids is 1. The summed E-state index contributed by atoms with van der Waals surface area (Å²) >= 11 is 0. The van der Waals surface area contributed by atoms with Crippen LogP contribution in [0.15, 0.2) is 36.7 Å². The molecule has 0 spiro atoms. The van der Waals surface area contributed by atoms with E-state index < -0.39 is 28.8 Å². The van der Waals surface area contributed by atoms with E-state index in [0.29, 0.717) is 18.4 Å². The number of hydrogen-bond acceptors (Lipinski definition) is 3. The fraction of sp³-hybridized carbons (Fsp3) is 0.333. The molecule has 1 aliphatic rings. The van der Waals surface area contributed by atoms with E-state index in [1.54, 1.807) is 11.7 Å². The van der Waals surface area contributed by atoms with Crippen molar-refractivity contribution in [3.8, 4) is 0 Å². The number of hydrogen-bond donors (Lipinski definition) is 2. The summed E-state index contributed by atoms with van der Waals surface area (Å²) < 4.78 is 41.3. The summed E-state index contributed by atoms with van der Waals surface area (Å²) in [7, 11) is 0. The van der Waals surface area contributed by atoms with Crippen LogP contribution in [0.1, 0.15) is 42.7 Å². The molecule has 4 nitrogen and oxygen atoms in total. The number of benzene rings is 1. The first-order chi connectivity index (χ1) is 12.0. The molecule has 2 N–H and O–H groups in total. The van der Waals surface area contributed by atoms with Crippen molar-refractivity contribution < 1.29 is 23.2 Å². The zero-order chi connectivity index (χ0) is 18.0. The van der Waals surface area contributed by atoms with Gasteiger partial charge in [-0.3, -0.25) is 15.0 Å². The van der Waals surface area contributed by atoms with Crippen molar-refractivity contribution in [2.45, 2.75) is 37.0 Å².